The third kappa shape index (κ3) is 4.39. The Morgan fingerprint density at radius 1 is 1.31 bits per heavy atom. The van der Waals surface area contributed by atoms with Crippen LogP contribution in [0, 0.1) is 24.0 Å². The summed E-state index contributed by atoms with van der Waals surface area (Å²) in [5, 5.41) is 18.9. The average molecular weight is 401 g/mol. The van der Waals surface area contributed by atoms with E-state index in [4.69, 9.17) is 14.0 Å². The molecule has 11 nitrogen and oxygen atoms in total. The summed E-state index contributed by atoms with van der Waals surface area (Å²) in [4.78, 5) is 26.8. The van der Waals surface area contributed by atoms with Crippen molar-refractivity contribution in [1.29, 1.82) is 0 Å². The van der Waals surface area contributed by atoms with Gasteiger partial charge in [-0.2, -0.15) is 10.1 Å². The summed E-state index contributed by atoms with van der Waals surface area (Å²) in [6.07, 6.45) is 0. The van der Waals surface area contributed by atoms with Crippen LogP contribution >= 0.6 is 0 Å². The molecule has 0 aliphatic heterocycles. The van der Waals surface area contributed by atoms with Crippen molar-refractivity contribution in [2.45, 2.75) is 33.9 Å². The highest BCUT2D eigenvalue weighted by atomic mass is 16.6. The Hall–Kier alpha value is -3.76. The van der Waals surface area contributed by atoms with Crippen molar-refractivity contribution in [3.63, 3.8) is 0 Å². The van der Waals surface area contributed by atoms with Gasteiger partial charge < -0.3 is 14.0 Å². The number of hydrogen-bond acceptors (Lipinski definition) is 9. The number of ether oxygens (including phenoxy) is 2. The standard InChI is InChI=1S/C18H19N5O6/c1-4-27-14-8-6-5-7-13(14)18-19-15(29-21-18)10-28-16(24)9-22-12(3)17(23(25)26)11(2)20-22/h5-8H,4,9-10H2,1-3H3. The number of hydrogen-bond donors (Lipinski definition) is 0. The normalized spacial score (nSPS) is 10.7. The molecule has 0 amide bonds. The number of rotatable bonds is 8. The lowest BCUT2D eigenvalue weighted by Crippen LogP contribution is -2.15. The topological polar surface area (TPSA) is 135 Å². The van der Waals surface area contributed by atoms with Gasteiger partial charge in [-0.05, 0) is 32.9 Å². The summed E-state index contributed by atoms with van der Waals surface area (Å²) in [6, 6.07) is 7.24. The van der Waals surface area contributed by atoms with Gasteiger partial charge in [0.1, 0.15) is 23.7 Å². The van der Waals surface area contributed by atoms with E-state index in [2.05, 4.69) is 15.2 Å². The van der Waals surface area contributed by atoms with Crippen molar-refractivity contribution in [2.75, 3.05) is 6.61 Å². The third-order valence-electron chi connectivity index (χ3n) is 4.06. The van der Waals surface area contributed by atoms with E-state index in [1.165, 1.54) is 18.5 Å². The molecule has 152 valence electrons. The molecule has 0 radical (unpaired) electrons. The monoisotopic (exact) mass is 401 g/mol. The highest BCUT2D eigenvalue weighted by Crippen LogP contribution is 2.27. The number of esters is 1. The first-order valence-corrected chi connectivity index (χ1v) is 8.79. The lowest BCUT2D eigenvalue weighted by Gasteiger charge is -2.06. The molecule has 0 spiro atoms. The lowest BCUT2D eigenvalue weighted by atomic mass is 10.2. The predicted molar refractivity (Wildman–Crippen MR) is 99.1 cm³/mol. The van der Waals surface area contributed by atoms with Crippen LogP contribution in [0.1, 0.15) is 24.2 Å². The van der Waals surface area contributed by atoms with Gasteiger partial charge in [0.2, 0.25) is 5.82 Å². The molecule has 0 atom stereocenters. The molecule has 0 N–H and O–H groups in total. The van der Waals surface area contributed by atoms with E-state index in [9.17, 15) is 14.9 Å². The van der Waals surface area contributed by atoms with Gasteiger partial charge in [-0.15, -0.1) is 0 Å². The molecule has 3 rings (SSSR count). The minimum atomic E-state index is -0.639. The Kier molecular flexibility index (Phi) is 5.86. The number of carbonyl (C=O) groups is 1. The van der Waals surface area contributed by atoms with Crippen LogP contribution in [0.2, 0.25) is 0 Å². The van der Waals surface area contributed by atoms with E-state index in [1.807, 2.05) is 19.1 Å². The summed E-state index contributed by atoms with van der Waals surface area (Å²) in [5.41, 5.74) is 1.05. The number of carbonyl (C=O) groups excluding carboxylic acids is 1. The zero-order valence-electron chi connectivity index (χ0n) is 16.1. The number of aromatic nitrogens is 4. The molecule has 0 saturated heterocycles. The Morgan fingerprint density at radius 2 is 2.07 bits per heavy atom. The van der Waals surface area contributed by atoms with Gasteiger partial charge in [0.05, 0.1) is 17.1 Å². The second-order valence-corrected chi connectivity index (χ2v) is 6.04. The Bertz CT molecular complexity index is 1040. The van der Waals surface area contributed by atoms with Crippen molar-refractivity contribution >= 4 is 11.7 Å². The van der Waals surface area contributed by atoms with Crippen LogP contribution in [-0.2, 0) is 22.7 Å². The number of benzene rings is 1. The number of aryl methyl sites for hydroxylation is 1. The van der Waals surface area contributed by atoms with E-state index in [0.29, 0.717) is 23.7 Å². The average Bonchev–Trinajstić information content (AvgIpc) is 3.25. The smallest absolute Gasteiger partial charge is 0.328 e. The molecule has 0 fully saturated rings. The van der Waals surface area contributed by atoms with Gasteiger partial charge in [-0.25, -0.2) is 0 Å². The summed E-state index contributed by atoms with van der Waals surface area (Å²) < 4.78 is 17.0. The predicted octanol–water partition coefficient (Wildman–Crippen LogP) is 2.60. The molecule has 11 heteroatoms. The zero-order valence-corrected chi connectivity index (χ0v) is 16.1. The van der Waals surface area contributed by atoms with E-state index < -0.39 is 10.9 Å². The maximum absolute atomic E-state index is 12.1. The fourth-order valence-electron chi connectivity index (χ4n) is 2.77. The van der Waals surface area contributed by atoms with Crippen molar-refractivity contribution < 1.29 is 23.7 Å². The Balaban J connectivity index is 1.64. The van der Waals surface area contributed by atoms with Crippen molar-refractivity contribution in [3.05, 3.63) is 51.7 Å². The Labute approximate surface area is 165 Å². The minimum Gasteiger partial charge on any atom is -0.493 e. The molecule has 0 aliphatic rings. The molecule has 2 heterocycles. The molecule has 2 aromatic heterocycles. The van der Waals surface area contributed by atoms with Crippen LogP contribution in [0.15, 0.2) is 28.8 Å². The second-order valence-electron chi connectivity index (χ2n) is 6.04. The van der Waals surface area contributed by atoms with Crippen LogP contribution in [0.3, 0.4) is 0 Å². The Morgan fingerprint density at radius 3 is 2.76 bits per heavy atom. The first-order valence-electron chi connectivity index (χ1n) is 8.79. The largest absolute Gasteiger partial charge is 0.493 e. The molecular formula is C18H19N5O6. The maximum Gasteiger partial charge on any atom is 0.328 e. The van der Waals surface area contributed by atoms with E-state index in [1.54, 1.807) is 12.1 Å². The summed E-state index contributed by atoms with van der Waals surface area (Å²) in [5.74, 6) is 0.402. The molecule has 0 unspecified atom stereocenters. The van der Waals surface area contributed by atoms with Gasteiger partial charge in [0.25, 0.3) is 5.89 Å². The number of nitro groups is 1. The zero-order chi connectivity index (χ0) is 21.0. The highest BCUT2D eigenvalue weighted by molar-refractivity contribution is 5.69. The first-order chi connectivity index (χ1) is 13.9. The molecular weight excluding hydrogens is 382 g/mol. The maximum atomic E-state index is 12.1. The van der Waals surface area contributed by atoms with E-state index in [0.717, 1.165) is 0 Å². The van der Waals surface area contributed by atoms with Crippen molar-refractivity contribution in [1.82, 2.24) is 19.9 Å². The highest BCUT2D eigenvalue weighted by Gasteiger charge is 2.23. The molecule has 29 heavy (non-hydrogen) atoms. The summed E-state index contributed by atoms with van der Waals surface area (Å²) in [6.45, 7) is 4.89. The van der Waals surface area contributed by atoms with Crippen LogP contribution in [-0.4, -0.2) is 37.4 Å². The molecule has 3 aromatic rings. The van der Waals surface area contributed by atoms with E-state index >= 15 is 0 Å². The number of para-hydroxylation sites is 1. The second kappa shape index (κ2) is 8.50. The molecule has 0 aliphatic carbocycles. The molecule has 0 saturated carbocycles. The van der Waals surface area contributed by atoms with Gasteiger partial charge in [0.15, 0.2) is 6.61 Å². The van der Waals surface area contributed by atoms with Gasteiger partial charge in [0, 0.05) is 0 Å². The lowest BCUT2D eigenvalue weighted by molar-refractivity contribution is -0.386. The van der Waals surface area contributed by atoms with Crippen molar-refractivity contribution in [3.8, 4) is 17.1 Å². The van der Waals surface area contributed by atoms with Gasteiger partial charge >= 0.3 is 11.7 Å². The van der Waals surface area contributed by atoms with Crippen LogP contribution in [0.4, 0.5) is 5.69 Å². The fourth-order valence-corrected chi connectivity index (χ4v) is 2.77. The third-order valence-corrected chi connectivity index (χ3v) is 4.06. The van der Waals surface area contributed by atoms with Crippen molar-refractivity contribution in [2.24, 2.45) is 0 Å². The SMILES string of the molecule is CCOc1ccccc1-c1noc(COC(=O)Cn2nc(C)c([N+](=O)[O-])c2C)n1. The van der Waals surface area contributed by atoms with E-state index in [-0.39, 0.29) is 36.1 Å². The van der Waals surface area contributed by atoms with Crippen LogP contribution < -0.4 is 4.74 Å². The van der Waals surface area contributed by atoms with Gasteiger partial charge in [-0.3, -0.25) is 19.6 Å². The quantitative estimate of drug-likeness (QED) is 0.317. The fraction of sp³-hybridized carbons (Fsp3) is 0.333. The minimum absolute atomic E-state index is 0.110. The first kappa shape index (κ1) is 20.0. The van der Waals surface area contributed by atoms with Gasteiger partial charge in [-0.1, -0.05) is 17.3 Å². The molecule has 0 bridgehead atoms. The summed E-state index contributed by atoms with van der Waals surface area (Å²) in [7, 11) is 0. The van der Waals surface area contributed by atoms with Crippen LogP contribution in [0.25, 0.3) is 11.4 Å². The van der Waals surface area contributed by atoms with Crippen LogP contribution in [0.5, 0.6) is 5.75 Å². The molecule has 1 aromatic carbocycles. The number of nitrogens with zero attached hydrogens (tertiary/aromatic N) is 5. The summed E-state index contributed by atoms with van der Waals surface area (Å²) >= 11 is 0.